The minimum atomic E-state index is -0.656. The Hall–Kier alpha value is -1.55. The quantitative estimate of drug-likeness (QED) is 0.659. The second kappa shape index (κ2) is 4.85. The Morgan fingerprint density at radius 2 is 2.32 bits per heavy atom. The maximum absolute atomic E-state index is 10.1. The van der Waals surface area contributed by atoms with E-state index in [1.807, 2.05) is 0 Å². The predicted molar refractivity (Wildman–Crippen MR) is 67.4 cm³/mol. The highest BCUT2D eigenvalue weighted by Gasteiger charge is 2.36. The molecular formula is C10H14N4O4Si. The van der Waals surface area contributed by atoms with Crippen LogP contribution < -0.4 is 0 Å². The smallest absolute Gasteiger partial charge is 0.242 e. The van der Waals surface area contributed by atoms with E-state index in [2.05, 4.69) is 15.0 Å². The van der Waals surface area contributed by atoms with Gasteiger partial charge in [0.2, 0.25) is 5.88 Å². The molecule has 1 saturated heterocycles. The van der Waals surface area contributed by atoms with Crippen LogP contribution in [0.2, 0.25) is 0 Å². The molecule has 0 radical (unpaired) electrons. The Labute approximate surface area is 111 Å². The van der Waals surface area contributed by atoms with Crippen molar-refractivity contribution >= 4 is 21.6 Å². The van der Waals surface area contributed by atoms with Gasteiger partial charge in [-0.25, -0.2) is 9.97 Å². The lowest BCUT2D eigenvalue weighted by atomic mass is 10.2. The minimum absolute atomic E-state index is 0.134. The number of aliphatic hydroxyl groups is 1. The molecule has 0 unspecified atom stereocenters. The predicted octanol–water partition coefficient (Wildman–Crippen LogP) is -1.52. The molecule has 1 aliphatic rings. The van der Waals surface area contributed by atoms with Gasteiger partial charge in [-0.3, -0.25) is 4.57 Å². The van der Waals surface area contributed by atoms with Crippen LogP contribution in [0.1, 0.15) is 12.6 Å². The van der Waals surface area contributed by atoms with Gasteiger partial charge >= 0.3 is 0 Å². The molecule has 0 spiro atoms. The van der Waals surface area contributed by atoms with Crippen LogP contribution in [0.15, 0.2) is 12.7 Å². The first-order valence-corrected chi connectivity index (χ1v) is 6.71. The topological polar surface area (TPSA) is 103 Å². The molecule has 0 aliphatic carbocycles. The Kier molecular flexibility index (Phi) is 3.19. The standard InChI is InChI=1S/C10H14N4O4Si/c15-6-1-5(2-17-19)18-10(6)14-4-13-7-8(14)11-3-12-9(7)16/h3-6,10,15H,1-2H2,19H3,(H,11,12,16)/t5-,6+,10+/m0/s1. The molecule has 3 heterocycles. The molecule has 0 amide bonds. The molecule has 3 atom stereocenters. The molecular weight excluding hydrogens is 268 g/mol. The fourth-order valence-corrected chi connectivity index (χ4v) is 2.67. The Bertz CT molecular complexity index is 592. The van der Waals surface area contributed by atoms with Gasteiger partial charge in [0.1, 0.15) is 22.9 Å². The van der Waals surface area contributed by atoms with Gasteiger partial charge in [0.15, 0.2) is 17.4 Å². The third-order valence-electron chi connectivity index (χ3n) is 3.13. The molecule has 0 saturated carbocycles. The molecule has 102 valence electrons. The van der Waals surface area contributed by atoms with Crippen LogP contribution in [0.5, 0.6) is 5.88 Å². The number of aromatic hydroxyl groups is 1. The Morgan fingerprint density at radius 1 is 1.47 bits per heavy atom. The van der Waals surface area contributed by atoms with Crippen molar-refractivity contribution in [3.8, 4) is 5.88 Å². The Morgan fingerprint density at radius 3 is 3.11 bits per heavy atom. The Balaban J connectivity index is 1.94. The molecule has 3 rings (SSSR count). The van der Waals surface area contributed by atoms with Crippen LogP contribution in [0.4, 0.5) is 0 Å². The van der Waals surface area contributed by atoms with Gasteiger partial charge in [-0.15, -0.1) is 0 Å². The summed E-state index contributed by atoms with van der Waals surface area (Å²) in [5.74, 6) is -0.185. The van der Waals surface area contributed by atoms with E-state index in [-0.39, 0.29) is 12.0 Å². The molecule has 9 heteroatoms. The second-order valence-corrected chi connectivity index (χ2v) is 5.01. The van der Waals surface area contributed by atoms with Gasteiger partial charge in [-0.2, -0.15) is 4.98 Å². The number of imidazole rings is 1. The van der Waals surface area contributed by atoms with E-state index in [9.17, 15) is 10.2 Å². The number of hydrogen-bond acceptors (Lipinski definition) is 7. The van der Waals surface area contributed by atoms with Crippen LogP contribution in [-0.4, -0.2) is 59.0 Å². The molecule has 2 aromatic heterocycles. The summed E-state index contributed by atoms with van der Waals surface area (Å²) in [6.45, 7) is 0.479. The van der Waals surface area contributed by atoms with Crippen molar-refractivity contribution in [2.45, 2.75) is 24.9 Å². The van der Waals surface area contributed by atoms with Gasteiger partial charge in [-0.1, -0.05) is 0 Å². The third-order valence-corrected chi connectivity index (χ3v) is 3.46. The first-order chi connectivity index (χ1) is 9.20. The van der Waals surface area contributed by atoms with Gasteiger partial charge in [-0.05, 0) is 0 Å². The molecule has 8 nitrogen and oxygen atoms in total. The number of rotatable bonds is 3. The fraction of sp³-hybridized carbons (Fsp3) is 0.500. The summed E-state index contributed by atoms with van der Waals surface area (Å²) < 4.78 is 12.5. The molecule has 2 N–H and O–H groups in total. The highest BCUT2D eigenvalue weighted by atomic mass is 28.2. The van der Waals surface area contributed by atoms with E-state index in [0.29, 0.717) is 34.7 Å². The summed E-state index contributed by atoms with van der Waals surface area (Å²) in [4.78, 5) is 11.8. The third kappa shape index (κ3) is 2.10. The highest BCUT2D eigenvalue weighted by molar-refractivity contribution is 5.97. The number of aromatic nitrogens is 4. The number of fused-ring (bicyclic) bond motifs is 1. The summed E-state index contributed by atoms with van der Waals surface area (Å²) in [6, 6.07) is 0. The van der Waals surface area contributed by atoms with E-state index in [1.165, 1.54) is 12.7 Å². The molecule has 2 aromatic rings. The van der Waals surface area contributed by atoms with Crippen molar-refractivity contribution in [1.29, 1.82) is 0 Å². The molecule has 0 aromatic carbocycles. The fourth-order valence-electron chi connectivity index (χ4n) is 2.30. The number of aliphatic hydroxyl groups excluding tert-OH is 1. The van der Waals surface area contributed by atoms with E-state index >= 15 is 0 Å². The lowest BCUT2D eigenvalue weighted by molar-refractivity contribution is -0.0451. The number of hydrogen-bond donors (Lipinski definition) is 2. The van der Waals surface area contributed by atoms with Crippen molar-refractivity contribution in [2.24, 2.45) is 0 Å². The van der Waals surface area contributed by atoms with E-state index in [1.54, 1.807) is 4.57 Å². The van der Waals surface area contributed by atoms with E-state index in [4.69, 9.17) is 9.16 Å². The maximum Gasteiger partial charge on any atom is 0.242 e. The van der Waals surface area contributed by atoms with Crippen LogP contribution in [0.3, 0.4) is 0 Å². The lowest BCUT2D eigenvalue weighted by Crippen LogP contribution is -2.19. The summed E-state index contributed by atoms with van der Waals surface area (Å²) in [5.41, 5.74) is 0.727. The maximum atomic E-state index is 10.1. The normalized spacial score (nSPS) is 27.3. The van der Waals surface area contributed by atoms with Crippen LogP contribution in [-0.2, 0) is 9.16 Å². The van der Waals surface area contributed by atoms with Gasteiger partial charge < -0.3 is 19.4 Å². The molecule has 1 aliphatic heterocycles. The number of ether oxygens (including phenoxy) is 1. The summed E-state index contributed by atoms with van der Waals surface area (Å²) >= 11 is 0. The van der Waals surface area contributed by atoms with E-state index < -0.39 is 12.3 Å². The van der Waals surface area contributed by atoms with Crippen molar-refractivity contribution < 1.29 is 19.4 Å². The minimum Gasteiger partial charge on any atom is -0.492 e. The lowest BCUT2D eigenvalue weighted by Gasteiger charge is -2.16. The van der Waals surface area contributed by atoms with Gasteiger partial charge in [0.25, 0.3) is 0 Å². The first kappa shape index (κ1) is 12.5. The summed E-state index contributed by atoms with van der Waals surface area (Å²) in [6.07, 6.45) is 1.87. The van der Waals surface area contributed by atoms with E-state index in [0.717, 1.165) is 0 Å². The average Bonchev–Trinajstić information content (AvgIpc) is 2.94. The van der Waals surface area contributed by atoms with Gasteiger partial charge in [0, 0.05) is 6.42 Å². The van der Waals surface area contributed by atoms with Crippen molar-refractivity contribution in [3.63, 3.8) is 0 Å². The van der Waals surface area contributed by atoms with Crippen molar-refractivity contribution in [2.75, 3.05) is 6.61 Å². The summed E-state index contributed by atoms with van der Waals surface area (Å²) in [5, 5.41) is 19.6. The van der Waals surface area contributed by atoms with Gasteiger partial charge in [0.05, 0.1) is 19.0 Å². The molecule has 19 heavy (non-hydrogen) atoms. The van der Waals surface area contributed by atoms with Crippen LogP contribution in [0, 0.1) is 0 Å². The van der Waals surface area contributed by atoms with Crippen LogP contribution in [0.25, 0.3) is 11.2 Å². The number of nitrogens with zero attached hydrogens (tertiary/aromatic N) is 4. The largest absolute Gasteiger partial charge is 0.492 e. The summed E-state index contributed by atoms with van der Waals surface area (Å²) in [7, 11) is 0.637. The molecule has 0 bridgehead atoms. The second-order valence-electron chi connectivity index (χ2n) is 4.43. The molecule has 1 fully saturated rings. The zero-order valence-electron chi connectivity index (χ0n) is 10.3. The monoisotopic (exact) mass is 282 g/mol. The zero-order valence-corrected chi connectivity index (χ0v) is 12.3. The SMILES string of the molecule is Oc1ncnc2c1ncn2[C@@H]1O[C@H](CO[SiH3])C[C@H]1O. The average molecular weight is 282 g/mol. The van der Waals surface area contributed by atoms with Crippen molar-refractivity contribution in [3.05, 3.63) is 12.7 Å². The zero-order chi connectivity index (χ0) is 13.4. The van der Waals surface area contributed by atoms with Crippen LogP contribution >= 0.6 is 0 Å². The first-order valence-electron chi connectivity index (χ1n) is 5.89. The highest BCUT2D eigenvalue weighted by Crippen LogP contribution is 2.31. The van der Waals surface area contributed by atoms with Crippen molar-refractivity contribution in [1.82, 2.24) is 19.5 Å².